The molecule has 0 saturated carbocycles. The van der Waals surface area contributed by atoms with Crippen molar-refractivity contribution >= 4 is 39.1 Å². The highest BCUT2D eigenvalue weighted by Crippen LogP contribution is 2.27. The lowest BCUT2D eigenvalue weighted by Gasteiger charge is -2.17. The Hall–Kier alpha value is -2.65. The molecule has 2 aromatic rings. The lowest BCUT2D eigenvalue weighted by Crippen LogP contribution is -2.28. The van der Waals surface area contributed by atoms with E-state index in [0.29, 0.717) is 17.8 Å². The number of rotatable bonds is 3. The van der Waals surface area contributed by atoms with Crippen molar-refractivity contribution in [1.82, 2.24) is 0 Å². The van der Waals surface area contributed by atoms with Gasteiger partial charge in [0.25, 0.3) is 0 Å². The molecule has 126 valence electrons. The van der Waals surface area contributed by atoms with Crippen LogP contribution in [0.2, 0.25) is 0 Å². The Morgan fingerprint density at radius 3 is 2.64 bits per heavy atom. The summed E-state index contributed by atoms with van der Waals surface area (Å²) in [7, 11) is 0. The van der Waals surface area contributed by atoms with Crippen molar-refractivity contribution in [1.29, 1.82) is 5.26 Å². The number of halogens is 1. The third-order valence-electron chi connectivity index (χ3n) is 4.25. The number of nitrogens with zero attached hydrogens (tertiary/aromatic N) is 2. The average molecular weight is 398 g/mol. The maximum Gasteiger partial charge on any atom is 0.229 e. The van der Waals surface area contributed by atoms with Gasteiger partial charge in [-0.15, -0.1) is 0 Å². The van der Waals surface area contributed by atoms with Gasteiger partial charge in [0, 0.05) is 28.8 Å². The van der Waals surface area contributed by atoms with Gasteiger partial charge in [-0.3, -0.25) is 9.59 Å². The second-order valence-corrected chi connectivity index (χ2v) is 6.93. The maximum atomic E-state index is 12.5. The summed E-state index contributed by atoms with van der Waals surface area (Å²) in [4.78, 5) is 26.4. The quantitative estimate of drug-likeness (QED) is 0.859. The molecule has 1 atom stereocenters. The zero-order chi connectivity index (χ0) is 18.0. The number of carbonyl (C=O) groups is 2. The van der Waals surface area contributed by atoms with Crippen molar-refractivity contribution in [2.75, 3.05) is 16.8 Å². The molecule has 2 aromatic carbocycles. The Morgan fingerprint density at radius 1 is 1.28 bits per heavy atom. The molecule has 2 amide bonds. The summed E-state index contributed by atoms with van der Waals surface area (Å²) in [6, 6.07) is 14.5. The molecule has 0 spiro atoms. The summed E-state index contributed by atoms with van der Waals surface area (Å²) < 4.78 is 0.950. The maximum absolute atomic E-state index is 12.5. The zero-order valence-corrected chi connectivity index (χ0v) is 15.2. The van der Waals surface area contributed by atoms with Crippen LogP contribution in [0.15, 0.2) is 46.9 Å². The smallest absolute Gasteiger partial charge is 0.229 e. The second kappa shape index (κ2) is 7.08. The lowest BCUT2D eigenvalue weighted by atomic mass is 10.1. The summed E-state index contributed by atoms with van der Waals surface area (Å²) >= 11 is 3.40. The second-order valence-electron chi connectivity index (χ2n) is 6.01. The largest absolute Gasteiger partial charge is 0.326 e. The Bertz CT molecular complexity index is 871. The predicted octanol–water partition coefficient (Wildman–Crippen LogP) is 3.62. The fraction of sp³-hybridized carbons (Fsp3) is 0.211. The fourth-order valence-corrected chi connectivity index (χ4v) is 3.33. The minimum absolute atomic E-state index is 0.0858. The Balaban J connectivity index is 1.71. The molecule has 3 rings (SSSR count). The monoisotopic (exact) mass is 397 g/mol. The molecule has 1 aliphatic heterocycles. The molecule has 25 heavy (non-hydrogen) atoms. The van der Waals surface area contributed by atoms with Crippen molar-refractivity contribution in [3.63, 3.8) is 0 Å². The van der Waals surface area contributed by atoms with E-state index in [1.54, 1.807) is 29.2 Å². The number of nitrogens with one attached hydrogen (secondary N) is 1. The number of benzene rings is 2. The van der Waals surface area contributed by atoms with Crippen molar-refractivity contribution in [3.8, 4) is 6.07 Å². The molecule has 6 heteroatoms. The van der Waals surface area contributed by atoms with Crippen LogP contribution >= 0.6 is 15.9 Å². The highest BCUT2D eigenvalue weighted by atomic mass is 79.9. The van der Waals surface area contributed by atoms with Crippen LogP contribution in [0.4, 0.5) is 11.4 Å². The molecule has 1 fully saturated rings. The number of amides is 2. The van der Waals surface area contributed by atoms with Gasteiger partial charge in [-0.05, 0) is 55.0 Å². The van der Waals surface area contributed by atoms with Crippen LogP contribution in [0.25, 0.3) is 0 Å². The Morgan fingerprint density at radius 2 is 2.00 bits per heavy atom. The first-order chi connectivity index (χ1) is 12.0. The van der Waals surface area contributed by atoms with Crippen molar-refractivity contribution in [2.45, 2.75) is 13.3 Å². The van der Waals surface area contributed by atoms with Gasteiger partial charge in [0.2, 0.25) is 11.8 Å². The molecule has 1 saturated heterocycles. The Labute approximate surface area is 154 Å². The number of carbonyl (C=O) groups excluding carboxylic acids is 2. The lowest BCUT2D eigenvalue weighted by molar-refractivity contribution is -0.122. The van der Waals surface area contributed by atoms with Gasteiger partial charge in [-0.1, -0.05) is 15.9 Å². The first-order valence-electron chi connectivity index (χ1n) is 7.85. The number of nitriles is 1. The van der Waals surface area contributed by atoms with E-state index in [9.17, 15) is 9.59 Å². The van der Waals surface area contributed by atoms with Gasteiger partial charge in [-0.25, -0.2) is 0 Å². The van der Waals surface area contributed by atoms with Gasteiger partial charge in [0.1, 0.15) is 0 Å². The summed E-state index contributed by atoms with van der Waals surface area (Å²) in [5.74, 6) is -0.640. The first-order valence-corrected chi connectivity index (χ1v) is 8.65. The van der Waals surface area contributed by atoms with Gasteiger partial charge < -0.3 is 10.2 Å². The SMILES string of the molecule is Cc1cc(Br)ccc1NC(=O)C1CC(=O)N(c2ccc(C#N)cc2)C1. The normalized spacial score (nSPS) is 16.6. The number of hydrogen-bond donors (Lipinski definition) is 1. The summed E-state index contributed by atoms with van der Waals surface area (Å²) in [6.45, 7) is 2.26. The van der Waals surface area contributed by atoms with Crippen molar-refractivity contribution in [2.24, 2.45) is 5.92 Å². The number of anilines is 2. The topological polar surface area (TPSA) is 73.2 Å². The molecule has 1 heterocycles. The zero-order valence-electron chi connectivity index (χ0n) is 13.6. The van der Waals surface area contributed by atoms with Crippen LogP contribution in [0, 0.1) is 24.2 Å². The molecular formula is C19H16BrN3O2. The molecular weight excluding hydrogens is 382 g/mol. The van der Waals surface area contributed by atoms with E-state index < -0.39 is 5.92 Å². The molecule has 1 N–H and O–H groups in total. The van der Waals surface area contributed by atoms with Gasteiger partial charge >= 0.3 is 0 Å². The standard InChI is InChI=1S/C19H16BrN3O2/c1-12-8-15(20)4-7-17(12)22-19(25)14-9-18(24)23(11-14)16-5-2-13(10-21)3-6-16/h2-8,14H,9,11H2,1H3,(H,22,25). The Kier molecular flexibility index (Phi) is 4.86. The summed E-state index contributed by atoms with van der Waals surface area (Å²) in [5.41, 5.74) is 2.95. The van der Waals surface area contributed by atoms with Gasteiger partial charge in [-0.2, -0.15) is 5.26 Å². The van der Waals surface area contributed by atoms with E-state index in [2.05, 4.69) is 21.2 Å². The third kappa shape index (κ3) is 3.72. The molecule has 1 unspecified atom stereocenters. The third-order valence-corrected chi connectivity index (χ3v) is 4.74. The minimum Gasteiger partial charge on any atom is -0.326 e. The van der Waals surface area contributed by atoms with E-state index in [1.807, 2.05) is 31.2 Å². The van der Waals surface area contributed by atoms with E-state index >= 15 is 0 Å². The van der Waals surface area contributed by atoms with Crippen molar-refractivity contribution < 1.29 is 9.59 Å². The van der Waals surface area contributed by atoms with E-state index in [1.165, 1.54) is 0 Å². The predicted molar refractivity (Wildman–Crippen MR) is 99.1 cm³/mol. The minimum atomic E-state index is -0.397. The molecule has 0 radical (unpaired) electrons. The molecule has 1 aliphatic rings. The highest BCUT2D eigenvalue weighted by Gasteiger charge is 2.35. The van der Waals surface area contributed by atoms with Crippen LogP contribution in [-0.2, 0) is 9.59 Å². The number of hydrogen-bond acceptors (Lipinski definition) is 3. The molecule has 0 bridgehead atoms. The number of aryl methyl sites for hydroxylation is 1. The summed E-state index contributed by atoms with van der Waals surface area (Å²) in [6.07, 6.45) is 0.182. The fourth-order valence-electron chi connectivity index (χ4n) is 2.85. The van der Waals surface area contributed by atoms with E-state index in [0.717, 1.165) is 15.7 Å². The van der Waals surface area contributed by atoms with Crippen LogP contribution < -0.4 is 10.2 Å². The van der Waals surface area contributed by atoms with Crippen LogP contribution in [-0.4, -0.2) is 18.4 Å². The molecule has 0 aromatic heterocycles. The van der Waals surface area contributed by atoms with Crippen molar-refractivity contribution in [3.05, 3.63) is 58.1 Å². The van der Waals surface area contributed by atoms with E-state index in [4.69, 9.17) is 5.26 Å². The van der Waals surface area contributed by atoms with E-state index in [-0.39, 0.29) is 18.2 Å². The summed E-state index contributed by atoms with van der Waals surface area (Å²) in [5, 5.41) is 11.8. The highest BCUT2D eigenvalue weighted by molar-refractivity contribution is 9.10. The molecule has 5 nitrogen and oxygen atoms in total. The average Bonchev–Trinajstić information content (AvgIpc) is 2.99. The molecule has 0 aliphatic carbocycles. The van der Waals surface area contributed by atoms with Crippen LogP contribution in [0.1, 0.15) is 17.5 Å². The van der Waals surface area contributed by atoms with Gasteiger partial charge in [0.15, 0.2) is 0 Å². The first kappa shape index (κ1) is 17.2. The van der Waals surface area contributed by atoms with Crippen LogP contribution in [0.3, 0.4) is 0 Å². The van der Waals surface area contributed by atoms with Crippen LogP contribution in [0.5, 0.6) is 0 Å². The van der Waals surface area contributed by atoms with Gasteiger partial charge in [0.05, 0.1) is 17.6 Å².